The number of methoxy groups -OCH3 is 1. The molecule has 27 heavy (non-hydrogen) atoms. The number of rotatable bonds is 3. The number of aryl methyl sites for hydroxylation is 1. The molecule has 0 saturated carbocycles. The van der Waals surface area contributed by atoms with E-state index in [1.165, 1.54) is 0 Å². The van der Waals surface area contributed by atoms with Crippen molar-refractivity contribution in [2.24, 2.45) is 7.05 Å². The van der Waals surface area contributed by atoms with E-state index in [1.54, 1.807) is 11.8 Å². The number of hydrogen-bond donors (Lipinski definition) is 2. The summed E-state index contributed by atoms with van der Waals surface area (Å²) in [6.45, 7) is 4.12. The first-order chi connectivity index (χ1) is 12.9. The number of pyridine rings is 1. The number of nitrogens with one attached hydrogen (secondary N) is 2. The Labute approximate surface area is 156 Å². The van der Waals surface area contributed by atoms with Crippen LogP contribution in [0.1, 0.15) is 48.9 Å². The zero-order valence-electron chi connectivity index (χ0n) is 15.8. The fourth-order valence-corrected chi connectivity index (χ4v) is 3.80. The van der Waals surface area contributed by atoms with Crippen molar-refractivity contribution >= 4 is 22.6 Å². The molecule has 7 nitrogen and oxygen atoms in total. The molecule has 1 amide bonds. The number of H-pyrrole nitrogens is 1. The summed E-state index contributed by atoms with van der Waals surface area (Å²) >= 11 is 0. The maximum absolute atomic E-state index is 12.8. The van der Waals surface area contributed by atoms with E-state index >= 15 is 0 Å². The monoisotopic (exact) mass is 366 g/mol. The van der Waals surface area contributed by atoms with Crippen LogP contribution >= 0.6 is 0 Å². The number of benzene rings is 1. The van der Waals surface area contributed by atoms with Crippen molar-refractivity contribution in [1.82, 2.24) is 14.8 Å². The first-order valence-electron chi connectivity index (χ1n) is 8.96. The highest BCUT2D eigenvalue weighted by molar-refractivity contribution is 5.95. The van der Waals surface area contributed by atoms with Crippen LogP contribution in [0, 0.1) is 0 Å². The van der Waals surface area contributed by atoms with Crippen LogP contribution in [0.15, 0.2) is 29.1 Å². The zero-order chi connectivity index (χ0) is 19.3. The standard InChI is InChI=1S/C20H22N4O3/c1-10(2)18-17-13(9-16(25)22-19(17)24(3)23-18)14-8-11-7-12(27-4)5-6-15(11)21-20(14)26/h5-8,10,13H,9H2,1-4H3,(H,21,26)(H,22,25)/t13-/m0/s1. The average molecular weight is 366 g/mol. The molecule has 140 valence electrons. The van der Waals surface area contributed by atoms with E-state index in [4.69, 9.17) is 4.74 Å². The van der Waals surface area contributed by atoms with Crippen molar-refractivity contribution in [2.45, 2.75) is 32.1 Å². The quantitative estimate of drug-likeness (QED) is 0.746. The predicted molar refractivity (Wildman–Crippen MR) is 104 cm³/mol. The molecule has 1 aliphatic heterocycles. The van der Waals surface area contributed by atoms with Crippen LogP contribution in [0.2, 0.25) is 0 Å². The molecule has 1 aliphatic rings. The largest absolute Gasteiger partial charge is 0.497 e. The molecule has 0 saturated heterocycles. The highest BCUT2D eigenvalue weighted by Crippen LogP contribution is 2.40. The molecule has 0 fully saturated rings. The summed E-state index contributed by atoms with van der Waals surface area (Å²) in [5, 5.41) is 8.37. The van der Waals surface area contributed by atoms with Crippen molar-refractivity contribution in [3.05, 3.63) is 51.4 Å². The number of ether oxygens (including phenoxy) is 1. The van der Waals surface area contributed by atoms with E-state index in [9.17, 15) is 9.59 Å². The Bertz CT molecular complexity index is 1110. The topological polar surface area (TPSA) is 89.0 Å². The van der Waals surface area contributed by atoms with E-state index in [2.05, 4.69) is 29.2 Å². The van der Waals surface area contributed by atoms with Gasteiger partial charge in [0.15, 0.2) is 0 Å². The Hall–Kier alpha value is -3.09. The second-order valence-corrected chi connectivity index (χ2v) is 7.24. The Kier molecular flexibility index (Phi) is 4.02. The first kappa shape index (κ1) is 17.3. The van der Waals surface area contributed by atoms with Gasteiger partial charge >= 0.3 is 0 Å². The molecule has 3 aromatic rings. The summed E-state index contributed by atoms with van der Waals surface area (Å²) in [5.41, 5.74) is 2.96. The lowest BCUT2D eigenvalue weighted by Gasteiger charge is -2.24. The number of carbonyl (C=O) groups excluding carboxylic acids is 1. The van der Waals surface area contributed by atoms with Crippen LogP contribution in [-0.2, 0) is 11.8 Å². The molecule has 0 aliphatic carbocycles. The number of aromatic nitrogens is 3. The van der Waals surface area contributed by atoms with Crippen molar-refractivity contribution in [3.63, 3.8) is 0 Å². The van der Waals surface area contributed by atoms with Gasteiger partial charge in [0, 0.05) is 41.4 Å². The Morgan fingerprint density at radius 2 is 2.04 bits per heavy atom. The van der Waals surface area contributed by atoms with E-state index < -0.39 is 0 Å². The van der Waals surface area contributed by atoms with Crippen molar-refractivity contribution < 1.29 is 9.53 Å². The minimum absolute atomic E-state index is 0.115. The molecule has 4 rings (SSSR count). The van der Waals surface area contributed by atoms with Crippen molar-refractivity contribution in [1.29, 1.82) is 0 Å². The van der Waals surface area contributed by atoms with Crippen molar-refractivity contribution in [2.75, 3.05) is 12.4 Å². The fraction of sp³-hybridized carbons (Fsp3) is 0.350. The van der Waals surface area contributed by atoms with Crippen LogP contribution in [0.5, 0.6) is 5.75 Å². The maximum Gasteiger partial charge on any atom is 0.252 e. The number of nitrogens with zero attached hydrogens (tertiary/aromatic N) is 2. The van der Waals surface area contributed by atoms with Gasteiger partial charge in [-0.1, -0.05) is 13.8 Å². The van der Waals surface area contributed by atoms with Gasteiger partial charge in [0.25, 0.3) is 5.56 Å². The van der Waals surface area contributed by atoms with Gasteiger partial charge in [0.05, 0.1) is 12.8 Å². The highest BCUT2D eigenvalue weighted by atomic mass is 16.5. The van der Waals surface area contributed by atoms with Gasteiger partial charge in [-0.05, 0) is 30.2 Å². The van der Waals surface area contributed by atoms with Crippen LogP contribution in [0.4, 0.5) is 5.82 Å². The first-order valence-corrected chi connectivity index (χ1v) is 8.96. The second-order valence-electron chi connectivity index (χ2n) is 7.24. The van der Waals surface area contributed by atoms with Gasteiger partial charge in [0.2, 0.25) is 5.91 Å². The second kappa shape index (κ2) is 6.26. The van der Waals surface area contributed by atoms with E-state index in [-0.39, 0.29) is 29.7 Å². The SMILES string of the molecule is COc1ccc2[nH]c(=O)c([C@@H]3CC(=O)Nc4c3c(C(C)C)nn4C)cc2c1. The van der Waals surface area contributed by atoms with E-state index in [1.807, 2.05) is 31.3 Å². The van der Waals surface area contributed by atoms with E-state index in [0.29, 0.717) is 17.1 Å². The summed E-state index contributed by atoms with van der Waals surface area (Å²) in [6, 6.07) is 7.37. The van der Waals surface area contributed by atoms with Gasteiger partial charge in [-0.25, -0.2) is 0 Å². The molecule has 2 aromatic heterocycles. The van der Waals surface area contributed by atoms with Crippen molar-refractivity contribution in [3.8, 4) is 5.75 Å². The Morgan fingerprint density at radius 1 is 1.26 bits per heavy atom. The highest BCUT2D eigenvalue weighted by Gasteiger charge is 2.34. The summed E-state index contributed by atoms with van der Waals surface area (Å²) in [6.07, 6.45) is 0.219. The third-order valence-corrected chi connectivity index (χ3v) is 5.11. The molecule has 3 heterocycles. The number of aromatic amines is 1. The molecule has 1 atom stereocenters. The lowest BCUT2D eigenvalue weighted by molar-refractivity contribution is -0.116. The third-order valence-electron chi connectivity index (χ3n) is 5.11. The minimum atomic E-state index is -0.334. The summed E-state index contributed by atoms with van der Waals surface area (Å²) in [7, 11) is 3.42. The number of fused-ring (bicyclic) bond motifs is 2. The average Bonchev–Trinajstić information content (AvgIpc) is 2.97. The number of anilines is 1. The Balaban J connectivity index is 1.95. The lowest BCUT2D eigenvalue weighted by atomic mass is 9.84. The van der Waals surface area contributed by atoms with Gasteiger partial charge in [0.1, 0.15) is 11.6 Å². The molecule has 0 spiro atoms. The molecular formula is C20H22N4O3. The molecule has 2 N–H and O–H groups in total. The van der Waals surface area contributed by atoms with Crippen LogP contribution in [0.25, 0.3) is 10.9 Å². The van der Waals surface area contributed by atoms with Gasteiger partial charge in [-0.3, -0.25) is 14.3 Å². The number of amides is 1. The van der Waals surface area contributed by atoms with Crippen LogP contribution < -0.4 is 15.6 Å². The zero-order valence-corrected chi connectivity index (χ0v) is 15.8. The predicted octanol–water partition coefficient (Wildman–Crippen LogP) is 2.87. The summed E-state index contributed by atoms with van der Waals surface area (Å²) in [5.74, 6) is 1.11. The number of hydrogen-bond acceptors (Lipinski definition) is 4. The molecule has 7 heteroatoms. The lowest BCUT2D eigenvalue weighted by Crippen LogP contribution is -2.28. The summed E-state index contributed by atoms with van der Waals surface area (Å²) < 4.78 is 6.98. The normalized spacial score (nSPS) is 16.5. The minimum Gasteiger partial charge on any atom is -0.497 e. The Morgan fingerprint density at radius 3 is 2.74 bits per heavy atom. The molecule has 0 bridgehead atoms. The van der Waals surface area contributed by atoms with E-state index in [0.717, 1.165) is 22.2 Å². The molecule has 0 radical (unpaired) electrons. The van der Waals surface area contributed by atoms with Gasteiger partial charge in [-0.15, -0.1) is 0 Å². The smallest absolute Gasteiger partial charge is 0.252 e. The molecule has 1 aromatic carbocycles. The summed E-state index contributed by atoms with van der Waals surface area (Å²) in [4.78, 5) is 28.1. The third kappa shape index (κ3) is 2.79. The van der Waals surface area contributed by atoms with Gasteiger partial charge in [-0.2, -0.15) is 5.10 Å². The van der Waals surface area contributed by atoms with Gasteiger partial charge < -0.3 is 15.0 Å². The van der Waals surface area contributed by atoms with Crippen LogP contribution in [-0.4, -0.2) is 27.8 Å². The maximum atomic E-state index is 12.8. The van der Waals surface area contributed by atoms with Crippen LogP contribution in [0.3, 0.4) is 0 Å². The molecule has 0 unspecified atom stereocenters. The number of carbonyl (C=O) groups is 1. The molecular weight excluding hydrogens is 344 g/mol. The fourth-order valence-electron chi connectivity index (χ4n) is 3.80.